The molecule has 0 atom stereocenters. The van der Waals surface area contributed by atoms with Gasteiger partial charge in [0.15, 0.2) is 0 Å². The Hall–Kier alpha value is -0.700. The third kappa shape index (κ3) is 3.15. The second kappa shape index (κ2) is 5.76. The smallest absolute Gasteiger partial charge is 0.141 e. The summed E-state index contributed by atoms with van der Waals surface area (Å²) in [6.45, 7) is 0. The Kier molecular flexibility index (Phi) is 4.32. The Balaban J connectivity index is 2.33. The lowest BCUT2D eigenvalue weighted by atomic mass is 10.2. The summed E-state index contributed by atoms with van der Waals surface area (Å²) in [6.07, 6.45) is 0. The van der Waals surface area contributed by atoms with Crippen molar-refractivity contribution in [3.8, 4) is 11.5 Å². The quantitative estimate of drug-likeness (QED) is 0.662. The second-order valence-electron chi connectivity index (χ2n) is 3.42. The minimum atomic E-state index is 0.361. The Morgan fingerprint density at radius 2 is 1.82 bits per heavy atom. The van der Waals surface area contributed by atoms with E-state index in [1.54, 1.807) is 12.1 Å². The van der Waals surface area contributed by atoms with E-state index in [2.05, 4.69) is 15.9 Å². The fourth-order valence-corrected chi connectivity index (χ4v) is 2.17. The third-order valence-corrected chi connectivity index (χ3v) is 3.40. The van der Waals surface area contributed by atoms with Crippen LogP contribution in [-0.2, 0) is 5.88 Å². The zero-order chi connectivity index (χ0) is 12.3. The Morgan fingerprint density at radius 3 is 2.53 bits per heavy atom. The van der Waals surface area contributed by atoms with Crippen LogP contribution < -0.4 is 4.74 Å². The van der Waals surface area contributed by atoms with Gasteiger partial charge in [0.1, 0.15) is 11.5 Å². The number of alkyl halides is 1. The van der Waals surface area contributed by atoms with Crippen LogP contribution in [0.2, 0.25) is 5.02 Å². The Labute approximate surface area is 118 Å². The van der Waals surface area contributed by atoms with Gasteiger partial charge in [0.2, 0.25) is 0 Å². The molecule has 88 valence electrons. The van der Waals surface area contributed by atoms with E-state index in [0.29, 0.717) is 10.9 Å². The standard InChI is InChI=1S/C13H9BrCl2O/c14-11-3-1-2-4-13(11)17-12-6-5-10(16)7-9(12)8-15/h1-7H,8H2. The summed E-state index contributed by atoms with van der Waals surface area (Å²) in [7, 11) is 0. The van der Waals surface area contributed by atoms with Crippen LogP contribution >= 0.6 is 39.1 Å². The van der Waals surface area contributed by atoms with Crippen LogP contribution in [0.4, 0.5) is 0 Å². The molecular weight excluding hydrogens is 323 g/mol. The first-order valence-electron chi connectivity index (χ1n) is 4.97. The van der Waals surface area contributed by atoms with Gasteiger partial charge in [0.05, 0.1) is 10.4 Å². The van der Waals surface area contributed by atoms with Crippen molar-refractivity contribution < 1.29 is 4.74 Å². The second-order valence-corrected chi connectivity index (χ2v) is 4.98. The third-order valence-electron chi connectivity index (χ3n) is 2.22. The van der Waals surface area contributed by atoms with E-state index in [0.717, 1.165) is 21.5 Å². The summed E-state index contributed by atoms with van der Waals surface area (Å²) < 4.78 is 6.69. The SMILES string of the molecule is ClCc1cc(Cl)ccc1Oc1ccccc1Br. The van der Waals surface area contributed by atoms with Crippen molar-refractivity contribution in [3.63, 3.8) is 0 Å². The molecular formula is C13H9BrCl2O. The predicted octanol–water partition coefficient (Wildman–Crippen LogP) is 5.63. The van der Waals surface area contributed by atoms with Crippen molar-refractivity contribution in [2.75, 3.05) is 0 Å². The maximum atomic E-state index is 5.91. The molecule has 0 fully saturated rings. The molecule has 0 aliphatic heterocycles. The van der Waals surface area contributed by atoms with Gasteiger partial charge < -0.3 is 4.74 Å². The summed E-state index contributed by atoms with van der Waals surface area (Å²) >= 11 is 15.2. The molecule has 0 spiro atoms. The van der Waals surface area contributed by atoms with E-state index in [1.165, 1.54) is 0 Å². The van der Waals surface area contributed by atoms with E-state index >= 15 is 0 Å². The molecule has 0 aromatic heterocycles. The molecule has 4 heteroatoms. The molecule has 0 saturated heterocycles. The molecule has 0 bridgehead atoms. The maximum absolute atomic E-state index is 5.91. The molecule has 0 unspecified atom stereocenters. The highest BCUT2D eigenvalue weighted by molar-refractivity contribution is 9.10. The first-order chi connectivity index (χ1) is 8.20. The normalized spacial score (nSPS) is 10.3. The van der Waals surface area contributed by atoms with E-state index in [4.69, 9.17) is 27.9 Å². The minimum Gasteiger partial charge on any atom is -0.456 e. The van der Waals surface area contributed by atoms with Crippen LogP contribution in [0.15, 0.2) is 46.9 Å². The summed E-state index contributed by atoms with van der Waals surface area (Å²) in [5, 5.41) is 0.653. The lowest BCUT2D eigenvalue weighted by Gasteiger charge is -2.11. The van der Waals surface area contributed by atoms with Gasteiger partial charge in [-0.15, -0.1) is 11.6 Å². The van der Waals surface area contributed by atoms with Crippen molar-refractivity contribution in [2.24, 2.45) is 0 Å². The van der Waals surface area contributed by atoms with Crippen molar-refractivity contribution >= 4 is 39.1 Å². The van der Waals surface area contributed by atoms with Crippen LogP contribution in [0.3, 0.4) is 0 Å². The van der Waals surface area contributed by atoms with Gasteiger partial charge in [-0.3, -0.25) is 0 Å². The highest BCUT2D eigenvalue weighted by Gasteiger charge is 2.07. The lowest BCUT2D eigenvalue weighted by Crippen LogP contribution is -1.90. The van der Waals surface area contributed by atoms with Crippen molar-refractivity contribution in [3.05, 3.63) is 57.5 Å². The van der Waals surface area contributed by atoms with Crippen LogP contribution in [0, 0.1) is 0 Å². The molecule has 2 rings (SSSR count). The first-order valence-corrected chi connectivity index (χ1v) is 6.68. The summed E-state index contributed by atoms with van der Waals surface area (Å²) in [5.41, 5.74) is 0.870. The average Bonchev–Trinajstić information content (AvgIpc) is 2.34. The Morgan fingerprint density at radius 1 is 1.06 bits per heavy atom. The monoisotopic (exact) mass is 330 g/mol. The van der Waals surface area contributed by atoms with Gasteiger partial charge in [-0.1, -0.05) is 23.7 Å². The van der Waals surface area contributed by atoms with E-state index < -0.39 is 0 Å². The number of ether oxygens (including phenoxy) is 1. The molecule has 0 N–H and O–H groups in total. The van der Waals surface area contributed by atoms with Crippen LogP contribution in [0.5, 0.6) is 11.5 Å². The summed E-state index contributed by atoms with van der Waals surface area (Å²) in [5.74, 6) is 1.83. The molecule has 2 aromatic rings. The van der Waals surface area contributed by atoms with Crippen LogP contribution in [-0.4, -0.2) is 0 Å². The van der Waals surface area contributed by atoms with E-state index in [1.807, 2.05) is 30.3 Å². The molecule has 17 heavy (non-hydrogen) atoms. The minimum absolute atomic E-state index is 0.361. The highest BCUT2D eigenvalue weighted by Crippen LogP contribution is 2.32. The van der Waals surface area contributed by atoms with Crippen LogP contribution in [0.25, 0.3) is 0 Å². The van der Waals surface area contributed by atoms with Gasteiger partial charge in [-0.05, 0) is 46.3 Å². The zero-order valence-corrected chi connectivity index (χ0v) is 11.9. The molecule has 0 aliphatic rings. The number of benzene rings is 2. The topological polar surface area (TPSA) is 9.23 Å². The van der Waals surface area contributed by atoms with Crippen molar-refractivity contribution in [1.82, 2.24) is 0 Å². The number of halogens is 3. The largest absolute Gasteiger partial charge is 0.456 e. The van der Waals surface area contributed by atoms with E-state index in [-0.39, 0.29) is 0 Å². The maximum Gasteiger partial charge on any atom is 0.141 e. The predicted molar refractivity (Wildman–Crippen MR) is 75.2 cm³/mol. The van der Waals surface area contributed by atoms with Gasteiger partial charge in [0, 0.05) is 10.6 Å². The molecule has 0 heterocycles. The summed E-state index contributed by atoms with van der Waals surface area (Å²) in [6, 6.07) is 13.1. The first kappa shape index (κ1) is 12.7. The average molecular weight is 332 g/mol. The van der Waals surface area contributed by atoms with Crippen molar-refractivity contribution in [1.29, 1.82) is 0 Å². The van der Waals surface area contributed by atoms with Crippen molar-refractivity contribution in [2.45, 2.75) is 5.88 Å². The molecule has 0 radical (unpaired) electrons. The van der Waals surface area contributed by atoms with Crippen LogP contribution in [0.1, 0.15) is 5.56 Å². The molecule has 0 aliphatic carbocycles. The summed E-state index contributed by atoms with van der Waals surface area (Å²) in [4.78, 5) is 0. The molecule has 1 nitrogen and oxygen atoms in total. The highest BCUT2D eigenvalue weighted by atomic mass is 79.9. The number of hydrogen-bond acceptors (Lipinski definition) is 1. The lowest BCUT2D eigenvalue weighted by molar-refractivity contribution is 0.475. The number of hydrogen-bond donors (Lipinski definition) is 0. The molecule has 2 aromatic carbocycles. The number of para-hydroxylation sites is 1. The van der Waals surface area contributed by atoms with Gasteiger partial charge >= 0.3 is 0 Å². The van der Waals surface area contributed by atoms with Gasteiger partial charge in [-0.25, -0.2) is 0 Å². The number of rotatable bonds is 3. The zero-order valence-electron chi connectivity index (χ0n) is 8.79. The van der Waals surface area contributed by atoms with E-state index in [9.17, 15) is 0 Å². The fourth-order valence-electron chi connectivity index (χ4n) is 1.40. The Bertz CT molecular complexity index is 529. The molecule has 0 saturated carbocycles. The fraction of sp³-hybridized carbons (Fsp3) is 0.0769. The molecule has 0 amide bonds. The van der Waals surface area contributed by atoms with Gasteiger partial charge in [-0.2, -0.15) is 0 Å². The van der Waals surface area contributed by atoms with Gasteiger partial charge in [0.25, 0.3) is 0 Å².